The highest BCUT2D eigenvalue weighted by Gasteiger charge is 2.24. The van der Waals surface area contributed by atoms with E-state index in [0.717, 1.165) is 0 Å². The first-order chi connectivity index (χ1) is 7.41. The van der Waals surface area contributed by atoms with Gasteiger partial charge in [-0.1, -0.05) is 13.8 Å². The lowest BCUT2D eigenvalue weighted by Crippen LogP contribution is -2.44. The van der Waals surface area contributed by atoms with Crippen molar-refractivity contribution in [2.45, 2.75) is 26.8 Å². The number of aromatic nitrogens is 2. The molecule has 0 aliphatic carbocycles. The summed E-state index contributed by atoms with van der Waals surface area (Å²) in [6, 6.07) is -0.892. The lowest BCUT2D eigenvalue weighted by molar-refractivity contribution is -0.140. The van der Waals surface area contributed by atoms with Gasteiger partial charge < -0.3 is 15.4 Å². The van der Waals surface area contributed by atoms with Crippen molar-refractivity contribution in [2.75, 3.05) is 0 Å². The number of carboxylic acid groups (broad SMARTS) is 1. The molecule has 1 aromatic rings. The molecule has 0 unspecified atom stereocenters. The summed E-state index contributed by atoms with van der Waals surface area (Å²) in [7, 11) is 0. The van der Waals surface area contributed by atoms with E-state index in [0.29, 0.717) is 5.82 Å². The molecular formula is C10H15N3O3. The van der Waals surface area contributed by atoms with Gasteiger partial charge in [-0.15, -0.1) is 0 Å². The normalized spacial score (nSPS) is 12.5. The Bertz CT molecular complexity index is 398. The maximum Gasteiger partial charge on any atom is 0.326 e. The van der Waals surface area contributed by atoms with Gasteiger partial charge in [-0.3, -0.25) is 4.79 Å². The van der Waals surface area contributed by atoms with E-state index in [1.807, 2.05) is 0 Å². The number of carbonyl (C=O) groups is 2. The maximum atomic E-state index is 11.6. The first-order valence-electron chi connectivity index (χ1n) is 4.97. The number of hydrogen-bond acceptors (Lipinski definition) is 3. The average molecular weight is 225 g/mol. The largest absolute Gasteiger partial charge is 0.480 e. The first kappa shape index (κ1) is 12.2. The molecule has 0 fully saturated rings. The van der Waals surface area contributed by atoms with Crippen molar-refractivity contribution < 1.29 is 14.7 Å². The number of carbonyl (C=O) groups excluding carboxylic acids is 1. The molecule has 0 saturated carbocycles. The van der Waals surface area contributed by atoms with Crippen LogP contribution in [-0.2, 0) is 4.79 Å². The van der Waals surface area contributed by atoms with E-state index in [1.54, 1.807) is 20.8 Å². The topological polar surface area (TPSA) is 95.1 Å². The summed E-state index contributed by atoms with van der Waals surface area (Å²) in [4.78, 5) is 29.1. The summed E-state index contributed by atoms with van der Waals surface area (Å²) < 4.78 is 0. The predicted octanol–water partition coefficient (Wildman–Crippen LogP) is 0.557. The van der Waals surface area contributed by atoms with Crippen molar-refractivity contribution in [3.8, 4) is 0 Å². The number of carboxylic acids is 1. The zero-order chi connectivity index (χ0) is 12.3. The second kappa shape index (κ2) is 4.78. The van der Waals surface area contributed by atoms with Gasteiger partial charge in [0.25, 0.3) is 5.91 Å². The third kappa shape index (κ3) is 2.82. The van der Waals surface area contributed by atoms with Crippen LogP contribution in [0.3, 0.4) is 0 Å². The molecule has 88 valence electrons. The Kier molecular flexibility index (Phi) is 3.65. The van der Waals surface area contributed by atoms with Gasteiger partial charge in [0.1, 0.15) is 17.6 Å². The zero-order valence-corrected chi connectivity index (χ0v) is 9.44. The third-order valence-electron chi connectivity index (χ3n) is 2.17. The Morgan fingerprint density at radius 3 is 2.50 bits per heavy atom. The molecule has 3 N–H and O–H groups in total. The smallest absolute Gasteiger partial charge is 0.326 e. The summed E-state index contributed by atoms with van der Waals surface area (Å²) in [5, 5.41) is 11.3. The minimum atomic E-state index is -1.04. The number of amides is 1. The van der Waals surface area contributed by atoms with Gasteiger partial charge >= 0.3 is 5.97 Å². The number of imidazole rings is 1. The fraction of sp³-hybridized carbons (Fsp3) is 0.500. The number of rotatable bonds is 4. The van der Waals surface area contributed by atoms with E-state index in [-0.39, 0.29) is 11.6 Å². The van der Waals surface area contributed by atoms with Crippen molar-refractivity contribution in [2.24, 2.45) is 5.92 Å². The van der Waals surface area contributed by atoms with Crippen LogP contribution in [0.25, 0.3) is 0 Å². The van der Waals surface area contributed by atoms with Crippen LogP contribution in [0, 0.1) is 12.8 Å². The molecule has 0 bridgehead atoms. The molecule has 1 heterocycles. The number of aryl methyl sites for hydroxylation is 1. The van der Waals surface area contributed by atoms with Crippen LogP contribution < -0.4 is 5.32 Å². The van der Waals surface area contributed by atoms with Gasteiger partial charge in [0.2, 0.25) is 0 Å². The van der Waals surface area contributed by atoms with Crippen LogP contribution in [0.15, 0.2) is 6.20 Å². The highest BCUT2D eigenvalue weighted by Crippen LogP contribution is 2.04. The van der Waals surface area contributed by atoms with Gasteiger partial charge in [-0.2, -0.15) is 0 Å². The van der Waals surface area contributed by atoms with Crippen molar-refractivity contribution in [3.63, 3.8) is 0 Å². The quantitative estimate of drug-likeness (QED) is 0.697. The van der Waals surface area contributed by atoms with Crippen LogP contribution >= 0.6 is 0 Å². The van der Waals surface area contributed by atoms with Crippen LogP contribution in [0.2, 0.25) is 0 Å². The Hall–Kier alpha value is -1.85. The molecule has 1 atom stereocenters. The van der Waals surface area contributed by atoms with Gasteiger partial charge in [0.15, 0.2) is 0 Å². The lowest BCUT2D eigenvalue weighted by atomic mass is 10.0. The minimum absolute atomic E-state index is 0.175. The van der Waals surface area contributed by atoms with Crippen molar-refractivity contribution >= 4 is 11.9 Å². The molecule has 0 aliphatic rings. The minimum Gasteiger partial charge on any atom is -0.480 e. The average Bonchev–Trinajstić information content (AvgIpc) is 2.59. The summed E-state index contributed by atoms with van der Waals surface area (Å²) in [6.07, 6.45) is 1.38. The third-order valence-corrected chi connectivity index (χ3v) is 2.17. The highest BCUT2D eigenvalue weighted by molar-refractivity contribution is 5.94. The Morgan fingerprint density at radius 2 is 2.12 bits per heavy atom. The van der Waals surface area contributed by atoms with Crippen LogP contribution in [-0.4, -0.2) is 33.0 Å². The van der Waals surface area contributed by atoms with Crippen molar-refractivity contribution in [1.29, 1.82) is 0 Å². The van der Waals surface area contributed by atoms with Gasteiger partial charge in [0.05, 0.1) is 6.20 Å². The standard InChI is InChI=1S/C10H15N3O3/c1-5(2)8(10(15)16)13-9(14)7-4-11-6(3)12-7/h4-5,8H,1-3H3,(H,11,12)(H,13,14)(H,15,16)/t8-/m1/s1. The molecule has 0 radical (unpaired) electrons. The second-order valence-corrected chi connectivity index (χ2v) is 3.92. The van der Waals surface area contributed by atoms with E-state index in [4.69, 9.17) is 5.11 Å². The molecule has 0 aliphatic heterocycles. The second-order valence-electron chi connectivity index (χ2n) is 3.92. The summed E-state index contributed by atoms with van der Waals surface area (Å²) in [5.74, 6) is -1.06. The van der Waals surface area contributed by atoms with Crippen LogP contribution in [0.4, 0.5) is 0 Å². The van der Waals surface area contributed by atoms with E-state index in [1.165, 1.54) is 6.20 Å². The molecule has 1 amide bonds. The van der Waals surface area contributed by atoms with Crippen LogP contribution in [0.1, 0.15) is 30.2 Å². The van der Waals surface area contributed by atoms with Crippen LogP contribution in [0.5, 0.6) is 0 Å². The number of H-pyrrole nitrogens is 1. The first-order valence-corrected chi connectivity index (χ1v) is 4.97. The van der Waals surface area contributed by atoms with E-state index < -0.39 is 17.9 Å². The Balaban J connectivity index is 2.73. The fourth-order valence-electron chi connectivity index (χ4n) is 1.27. The molecule has 6 heteroatoms. The fourth-order valence-corrected chi connectivity index (χ4v) is 1.27. The van der Waals surface area contributed by atoms with E-state index >= 15 is 0 Å². The number of hydrogen-bond donors (Lipinski definition) is 3. The maximum absolute atomic E-state index is 11.6. The number of aliphatic carboxylic acids is 1. The van der Waals surface area contributed by atoms with Gasteiger partial charge in [-0.25, -0.2) is 9.78 Å². The molecule has 0 saturated heterocycles. The molecule has 0 aromatic carbocycles. The Morgan fingerprint density at radius 1 is 1.50 bits per heavy atom. The molecule has 16 heavy (non-hydrogen) atoms. The van der Waals surface area contributed by atoms with Crippen molar-refractivity contribution in [1.82, 2.24) is 15.3 Å². The zero-order valence-electron chi connectivity index (χ0n) is 9.44. The molecule has 1 aromatic heterocycles. The summed E-state index contributed by atoms with van der Waals surface area (Å²) in [5.41, 5.74) is 0.268. The Labute approximate surface area is 93.1 Å². The summed E-state index contributed by atoms with van der Waals surface area (Å²) >= 11 is 0. The number of nitrogens with zero attached hydrogens (tertiary/aromatic N) is 1. The molecule has 1 rings (SSSR count). The number of aromatic amines is 1. The monoisotopic (exact) mass is 225 g/mol. The predicted molar refractivity (Wildman–Crippen MR) is 57.1 cm³/mol. The van der Waals surface area contributed by atoms with Gasteiger partial charge in [-0.05, 0) is 12.8 Å². The highest BCUT2D eigenvalue weighted by atomic mass is 16.4. The number of nitrogens with one attached hydrogen (secondary N) is 2. The lowest BCUT2D eigenvalue weighted by Gasteiger charge is -2.17. The molecule has 6 nitrogen and oxygen atoms in total. The molecule has 0 spiro atoms. The van der Waals surface area contributed by atoms with Gasteiger partial charge in [0, 0.05) is 0 Å². The van der Waals surface area contributed by atoms with E-state index in [9.17, 15) is 9.59 Å². The molecular weight excluding hydrogens is 210 g/mol. The SMILES string of the molecule is Cc1ncc(C(=O)N[C@@H](C(=O)O)C(C)C)[nH]1. The summed E-state index contributed by atoms with van der Waals surface area (Å²) in [6.45, 7) is 5.18. The van der Waals surface area contributed by atoms with E-state index in [2.05, 4.69) is 15.3 Å². The van der Waals surface area contributed by atoms with Crippen molar-refractivity contribution in [3.05, 3.63) is 17.7 Å².